The van der Waals surface area contributed by atoms with Crippen molar-refractivity contribution in [1.82, 2.24) is 9.78 Å². The molecule has 1 heterocycles. The van der Waals surface area contributed by atoms with E-state index in [1.54, 1.807) is 23.9 Å². The first kappa shape index (κ1) is 9.51. The molecule has 0 aliphatic carbocycles. The highest BCUT2D eigenvalue weighted by molar-refractivity contribution is 5.90. The third-order valence-corrected chi connectivity index (χ3v) is 1.67. The normalized spacial score (nSPS) is 9.69. The number of hydrogen-bond donors (Lipinski definition) is 0. The Morgan fingerprint density at radius 3 is 3.08 bits per heavy atom. The average molecular weight is 180 g/mol. The zero-order valence-corrected chi connectivity index (χ0v) is 7.78. The summed E-state index contributed by atoms with van der Waals surface area (Å²) >= 11 is 0. The summed E-state index contributed by atoms with van der Waals surface area (Å²) in [6.45, 7) is 5.95. The van der Waals surface area contributed by atoms with Crippen LogP contribution >= 0.6 is 0 Å². The summed E-state index contributed by atoms with van der Waals surface area (Å²) in [4.78, 5) is 11.2. The van der Waals surface area contributed by atoms with Crippen molar-refractivity contribution in [2.24, 2.45) is 0 Å². The second-order valence-electron chi connectivity index (χ2n) is 2.63. The highest BCUT2D eigenvalue weighted by atomic mass is 16.5. The number of carbonyl (C=O) groups excluding carboxylic acids is 1. The molecule has 0 fully saturated rings. The van der Waals surface area contributed by atoms with Crippen LogP contribution in [0.2, 0.25) is 0 Å². The van der Waals surface area contributed by atoms with Gasteiger partial charge in [-0.3, -0.25) is 4.68 Å². The van der Waals surface area contributed by atoms with Crippen LogP contribution in [0.3, 0.4) is 0 Å². The Balaban J connectivity index is 2.95. The van der Waals surface area contributed by atoms with E-state index in [1.165, 1.54) is 7.11 Å². The first-order chi connectivity index (χ1) is 6.19. The van der Waals surface area contributed by atoms with Gasteiger partial charge in [0.05, 0.1) is 19.3 Å². The topological polar surface area (TPSA) is 44.1 Å². The van der Waals surface area contributed by atoms with Gasteiger partial charge in [0, 0.05) is 6.20 Å². The van der Waals surface area contributed by atoms with Gasteiger partial charge in [0.15, 0.2) is 0 Å². The summed E-state index contributed by atoms with van der Waals surface area (Å²) in [7, 11) is 1.35. The number of carbonyl (C=O) groups is 1. The Kier molecular flexibility index (Phi) is 2.84. The molecular formula is C9H12N2O2. The van der Waals surface area contributed by atoms with Crippen molar-refractivity contribution in [3.63, 3.8) is 0 Å². The van der Waals surface area contributed by atoms with Crippen molar-refractivity contribution in [3.05, 3.63) is 30.1 Å². The van der Waals surface area contributed by atoms with Gasteiger partial charge in [-0.2, -0.15) is 5.10 Å². The smallest absolute Gasteiger partial charge is 0.341 e. The van der Waals surface area contributed by atoms with E-state index in [0.29, 0.717) is 17.8 Å². The predicted octanol–water partition coefficient (Wildman–Crippen LogP) is 1.16. The van der Waals surface area contributed by atoms with E-state index in [0.717, 1.165) is 0 Å². The number of ether oxygens (including phenoxy) is 1. The number of allylic oxidation sites excluding steroid dienone is 1. The van der Waals surface area contributed by atoms with Gasteiger partial charge in [0.2, 0.25) is 0 Å². The van der Waals surface area contributed by atoms with Gasteiger partial charge in [0.25, 0.3) is 0 Å². The molecule has 4 heteroatoms. The minimum absolute atomic E-state index is 0.354. The monoisotopic (exact) mass is 180 g/mol. The second-order valence-corrected chi connectivity index (χ2v) is 2.63. The average Bonchev–Trinajstić information content (AvgIpc) is 2.46. The summed E-state index contributed by atoms with van der Waals surface area (Å²) in [6, 6.07) is 0. The maximum Gasteiger partial charge on any atom is 0.341 e. The summed E-state index contributed by atoms with van der Waals surface area (Å²) in [5, 5.41) is 4.11. The van der Waals surface area contributed by atoms with Gasteiger partial charge in [-0.15, -0.1) is 6.58 Å². The van der Waals surface area contributed by atoms with Gasteiger partial charge in [-0.25, -0.2) is 4.79 Å². The molecule has 0 unspecified atom stereocenters. The zero-order valence-electron chi connectivity index (χ0n) is 7.78. The standard InChI is InChI=1S/C9H12N2O2/c1-4-5-11-6-8(7(2)10-11)9(12)13-3/h4,6H,1,5H2,2-3H3. The summed E-state index contributed by atoms with van der Waals surface area (Å²) in [5.74, 6) is -0.354. The van der Waals surface area contributed by atoms with Gasteiger partial charge in [-0.1, -0.05) is 6.08 Å². The fourth-order valence-corrected chi connectivity index (χ4v) is 1.05. The van der Waals surface area contributed by atoms with Crippen LogP contribution in [0.5, 0.6) is 0 Å². The Bertz CT molecular complexity index is 328. The van der Waals surface area contributed by atoms with Gasteiger partial charge in [0.1, 0.15) is 5.56 Å². The van der Waals surface area contributed by atoms with Crippen molar-refractivity contribution in [2.75, 3.05) is 7.11 Å². The van der Waals surface area contributed by atoms with E-state index in [9.17, 15) is 4.79 Å². The zero-order chi connectivity index (χ0) is 9.84. The van der Waals surface area contributed by atoms with E-state index in [4.69, 9.17) is 0 Å². The predicted molar refractivity (Wildman–Crippen MR) is 48.5 cm³/mol. The fraction of sp³-hybridized carbons (Fsp3) is 0.333. The number of methoxy groups -OCH3 is 1. The third kappa shape index (κ3) is 1.96. The van der Waals surface area contributed by atoms with E-state index in [2.05, 4.69) is 16.4 Å². The van der Waals surface area contributed by atoms with Crippen molar-refractivity contribution in [1.29, 1.82) is 0 Å². The summed E-state index contributed by atoms with van der Waals surface area (Å²) < 4.78 is 6.24. The van der Waals surface area contributed by atoms with Crippen molar-refractivity contribution < 1.29 is 9.53 Å². The first-order valence-electron chi connectivity index (χ1n) is 3.92. The third-order valence-electron chi connectivity index (χ3n) is 1.67. The summed E-state index contributed by atoms with van der Waals surface area (Å²) in [5.41, 5.74) is 1.18. The van der Waals surface area contributed by atoms with Crippen LogP contribution in [-0.4, -0.2) is 22.9 Å². The molecule has 0 N–H and O–H groups in total. The molecule has 4 nitrogen and oxygen atoms in total. The largest absolute Gasteiger partial charge is 0.465 e. The molecule has 1 aromatic rings. The molecule has 0 aliphatic heterocycles. The van der Waals surface area contributed by atoms with E-state index in [-0.39, 0.29) is 5.97 Å². The van der Waals surface area contributed by atoms with Crippen LogP contribution in [0.1, 0.15) is 16.1 Å². The molecule has 0 amide bonds. The lowest BCUT2D eigenvalue weighted by Crippen LogP contribution is -2.01. The Hall–Kier alpha value is -1.58. The number of nitrogens with zero attached hydrogens (tertiary/aromatic N) is 2. The lowest BCUT2D eigenvalue weighted by molar-refractivity contribution is 0.0600. The van der Waals surface area contributed by atoms with Crippen LogP contribution in [0, 0.1) is 6.92 Å². The molecule has 0 aliphatic rings. The van der Waals surface area contributed by atoms with E-state index in [1.807, 2.05) is 0 Å². The lowest BCUT2D eigenvalue weighted by Gasteiger charge is -1.93. The molecule has 13 heavy (non-hydrogen) atoms. The van der Waals surface area contributed by atoms with Crippen LogP contribution in [0.4, 0.5) is 0 Å². The Morgan fingerprint density at radius 2 is 2.54 bits per heavy atom. The fourth-order valence-electron chi connectivity index (χ4n) is 1.05. The number of esters is 1. The van der Waals surface area contributed by atoms with Crippen molar-refractivity contribution >= 4 is 5.97 Å². The highest BCUT2D eigenvalue weighted by Gasteiger charge is 2.12. The number of aromatic nitrogens is 2. The summed E-state index contributed by atoms with van der Waals surface area (Å²) in [6.07, 6.45) is 3.37. The molecular weight excluding hydrogens is 168 g/mol. The molecule has 0 radical (unpaired) electrons. The Morgan fingerprint density at radius 1 is 1.85 bits per heavy atom. The SMILES string of the molecule is C=CCn1cc(C(=O)OC)c(C)n1. The molecule has 0 saturated heterocycles. The first-order valence-corrected chi connectivity index (χ1v) is 3.92. The van der Waals surface area contributed by atoms with Crippen molar-refractivity contribution in [3.8, 4) is 0 Å². The molecule has 0 spiro atoms. The minimum Gasteiger partial charge on any atom is -0.465 e. The number of aryl methyl sites for hydroxylation is 1. The number of rotatable bonds is 3. The lowest BCUT2D eigenvalue weighted by atomic mass is 10.3. The minimum atomic E-state index is -0.354. The van der Waals surface area contributed by atoms with Gasteiger partial charge in [-0.05, 0) is 6.92 Å². The van der Waals surface area contributed by atoms with E-state index < -0.39 is 0 Å². The van der Waals surface area contributed by atoms with Crippen LogP contribution < -0.4 is 0 Å². The van der Waals surface area contributed by atoms with Gasteiger partial charge < -0.3 is 4.74 Å². The maximum atomic E-state index is 11.2. The quantitative estimate of drug-likeness (QED) is 0.518. The number of hydrogen-bond acceptors (Lipinski definition) is 3. The van der Waals surface area contributed by atoms with Crippen LogP contribution in [-0.2, 0) is 11.3 Å². The van der Waals surface area contributed by atoms with Crippen LogP contribution in [0.15, 0.2) is 18.9 Å². The van der Waals surface area contributed by atoms with Crippen LogP contribution in [0.25, 0.3) is 0 Å². The van der Waals surface area contributed by atoms with Crippen molar-refractivity contribution in [2.45, 2.75) is 13.5 Å². The molecule has 0 bridgehead atoms. The second kappa shape index (κ2) is 3.89. The molecule has 1 rings (SSSR count). The molecule has 0 aromatic carbocycles. The highest BCUT2D eigenvalue weighted by Crippen LogP contribution is 2.06. The Labute approximate surface area is 76.8 Å². The maximum absolute atomic E-state index is 11.2. The molecule has 0 atom stereocenters. The van der Waals surface area contributed by atoms with E-state index >= 15 is 0 Å². The van der Waals surface area contributed by atoms with Gasteiger partial charge >= 0.3 is 5.97 Å². The molecule has 1 aromatic heterocycles. The molecule has 0 saturated carbocycles. The molecule has 70 valence electrons.